The normalized spacial score (nSPS) is 11.8. The molecule has 0 saturated heterocycles. The highest BCUT2D eigenvalue weighted by Crippen LogP contribution is 2.40. The molecule has 4 aromatic rings. The molecule has 0 bridgehead atoms. The molecule has 0 amide bonds. The summed E-state index contributed by atoms with van der Waals surface area (Å²) >= 11 is 1.40. The number of esters is 1. The molecule has 0 aliphatic heterocycles. The smallest absolute Gasteiger partial charge is 0.362 e. The zero-order chi connectivity index (χ0) is 26.1. The largest absolute Gasteiger partial charge is 0.461 e. The Hall–Kier alpha value is -3.97. The van der Waals surface area contributed by atoms with Crippen LogP contribution in [-0.4, -0.2) is 29.9 Å². The average molecular weight is 514 g/mol. The van der Waals surface area contributed by atoms with Gasteiger partial charge >= 0.3 is 5.97 Å². The Morgan fingerprint density at radius 1 is 0.919 bits per heavy atom. The summed E-state index contributed by atoms with van der Waals surface area (Å²) in [6.07, 6.45) is 0. The summed E-state index contributed by atoms with van der Waals surface area (Å²) in [7, 11) is 0. The summed E-state index contributed by atoms with van der Waals surface area (Å²) in [6.45, 7) is 6.40. The van der Waals surface area contributed by atoms with E-state index in [9.17, 15) is 4.79 Å². The quantitative estimate of drug-likeness (QED) is 0.107. The highest BCUT2D eigenvalue weighted by Gasteiger charge is 2.37. The minimum atomic E-state index is -0.728. The molecular formula is C30H31N3O3S. The number of nitrogens with one attached hydrogen (secondary N) is 1. The van der Waals surface area contributed by atoms with Gasteiger partial charge in [0.15, 0.2) is 5.13 Å². The Balaban J connectivity index is 1.80. The molecule has 1 heterocycles. The van der Waals surface area contributed by atoms with E-state index in [4.69, 9.17) is 14.6 Å². The molecule has 6 nitrogen and oxygen atoms in total. The highest BCUT2D eigenvalue weighted by molar-refractivity contribution is 7.14. The van der Waals surface area contributed by atoms with Gasteiger partial charge in [-0.3, -0.25) is 0 Å². The Morgan fingerprint density at radius 2 is 1.43 bits per heavy atom. The van der Waals surface area contributed by atoms with E-state index in [0.29, 0.717) is 17.4 Å². The minimum Gasteiger partial charge on any atom is -0.461 e. The average Bonchev–Trinajstić information content (AvgIpc) is 3.39. The van der Waals surface area contributed by atoms with E-state index < -0.39 is 11.5 Å². The SMILES string of the molecule is CCOC(=O)C(=NOCC(C)C)c1csc(NC(c2ccccc2)(c2ccccc2)c2ccccc2)n1. The predicted octanol–water partition coefficient (Wildman–Crippen LogP) is 6.49. The van der Waals surface area contributed by atoms with Crippen LogP contribution in [0.3, 0.4) is 0 Å². The van der Waals surface area contributed by atoms with Crippen LogP contribution in [-0.2, 0) is 19.9 Å². The van der Waals surface area contributed by atoms with E-state index >= 15 is 0 Å². The molecule has 7 heteroatoms. The number of hydrogen-bond acceptors (Lipinski definition) is 7. The van der Waals surface area contributed by atoms with Gasteiger partial charge in [0.25, 0.3) is 0 Å². The molecule has 0 spiro atoms. The van der Waals surface area contributed by atoms with Gasteiger partial charge in [-0.2, -0.15) is 0 Å². The molecule has 190 valence electrons. The number of carbonyl (C=O) groups is 1. The Kier molecular flexibility index (Phi) is 8.69. The van der Waals surface area contributed by atoms with Crippen molar-refractivity contribution in [2.45, 2.75) is 26.3 Å². The predicted molar refractivity (Wildman–Crippen MR) is 149 cm³/mol. The lowest BCUT2D eigenvalue weighted by atomic mass is 9.77. The van der Waals surface area contributed by atoms with Crippen LogP contribution >= 0.6 is 11.3 Å². The summed E-state index contributed by atoms with van der Waals surface area (Å²) in [6, 6.07) is 30.8. The van der Waals surface area contributed by atoms with E-state index in [2.05, 4.69) is 46.9 Å². The topological polar surface area (TPSA) is 72.8 Å². The molecule has 0 atom stereocenters. The van der Waals surface area contributed by atoms with Crippen LogP contribution in [0, 0.1) is 5.92 Å². The maximum atomic E-state index is 12.7. The molecule has 1 N–H and O–H groups in total. The number of nitrogens with zero attached hydrogens (tertiary/aromatic N) is 2. The van der Waals surface area contributed by atoms with Gasteiger partial charge in [-0.25, -0.2) is 9.78 Å². The minimum absolute atomic E-state index is 0.0523. The van der Waals surface area contributed by atoms with Crippen molar-refractivity contribution in [2.75, 3.05) is 18.5 Å². The molecule has 4 rings (SSSR count). The first kappa shape index (κ1) is 26.1. The van der Waals surface area contributed by atoms with Crippen LogP contribution in [0.25, 0.3) is 0 Å². The van der Waals surface area contributed by atoms with E-state index in [0.717, 1.165) is 16.7 Å². The van der Waals surface area contributed by atoms with E-state index in [1.54, 1.807) is 12.3 Å². The fourth-order valence-corrected chi connectivity index (χ4v) is 4.77. The van der Waals surface area contributed by atoms with Gasteiger partial charge in [0.2, 0.25) is 5.71 Å². The number of aromatic nitrogens is 1. The molecule has 0 saturated carbocycles. The number of carbonyl (C=O) groups excluding carboxylic acids is 1. The number of anilines is 1. The van der Waals surface area contributed by atoms with Crippen molar-refractivity contribution < 1.29 is 14.4 Å². The molecular weight excluding hydrogens is 482 g/mol. The molecule has 0 fully saturated rings. The van der Waals surface area contributed by atoms with Crippen LogP contribution in [0.2, 0.25) is 0 Å². The molecule has 37 heavy (non-hydrogen) atoms. The summed E-state index contributed by atoms with van der Waals surface area (Å²) in [5, 5.41) is 10.2. The third-order valence-corrected chi connectivity index (χ3v) is 6.45. The van der Waals surface area contributed by atoms with Gasteiger partial charge in [-0.1, -0.05) is 110 Å². The van der Waals surface area contributed by atoms with Crippen LogP contribution in [0.4, 0.5) is 5.13 Å². The van der Waals surface area contributed by atoms with Crippen LogP contribution < -0.4 is 5.32 Å². The summed E-state index contributed by atoms with van der Waals surface area (Å²) in [5.74, 6) is -0.299. The summed E-state index contributed by atoms with van der Waals surface area (Å²) in [4.78, 5) is 22.9. The number of hydrogen-bond donors (Lipinski definition) is 1. The lowest BCUT2D eigenvalue weighted by Crippen LogP contribution is -2.38. The van der Waals surface area contributed by atoms with Gasteiger partial charge in [-0.15, -0.1) is 11.3 Å². The van der Waals surface area contributed by atoms with Crippen molar-refractivity contribution in [3.05, 3.63) is 119 Å². The van der Waals surface area contributed by atoms with Crippen LogP contribution in [0.15, 0.2) is 102 Å². The monoisotopic (exact) mass is 513 g/mol. The molecule has 0 radical (unpaired) electrons. The van der Waals surface area contributed by atoms with Crippen molar-refractivity contribution >= 4 is 28.1 Å². The van der Waals surface area contributed by atoms with Crippen LogP contribution in [0.1, 0.15) is 43.2 Å². The van der Waals surface area contributed by atoms with Gasteiger partial charge in [0.05, 0.1) is 6.61 Å². The third kappa shape index (κ3) is 6.06. The van der Waals surface area contributed by atoms with E-state index in [-0.39, 0.29) is 18.2 Å². The van der Waals surface area contributed by atoms with Gasteiger partial charge in [0, 0.05) is 5.38 Å². The molecule has 0 aliphatic carbocycles. The van der Waals surface area contributed by atoms with Gasteiger partial charge < -0.3 is 14.9 Å². The fourth-order valence-electron chi connectivity index (χ4n) is 4.02. The first-order valence-corrected chi connectivity index (χ1v) is 13.2. The zero-order valence-electron chi connectivity index (χ0n) is 21.3. The lowest BCUT2D eigenvalue weighted by Gasteiger charge is -2.36. The Bertz CT molecular complexity index is 1210. The summed E-state index contributed by atoms with van der Waals surface area (Å²) < 4.78 is 5.23. The highest BCUT2D eigenvalue weighted by atomic mass is 32.1. The number of thiazole rings is 1. The van der Waals surface area contributed by atoms with Crippen molar-refractivity contribution in [3.8, 4) is 0 Å². The molecule has 3 aromatic carbocycles. The zero-order valence-corrected chi connectivity index (χ0v) is 22.1. The maximum Gasteiger partial charge on any atom is 0.362 e. The van der Waals surface area contributed by atoms with Crippen molar-refractivity contribution in [3.63, 3.8) is 0 Å². The van der Waals surface area contributed by atoms with Crippen molar-refractivity contribution in [1.82, 2.24) is 4.98 Å². The van der Waals surface area contributed by atoms with Gasteiger partial charge in [0.1, 0.15) is 17.8 Å². The first-order valence-electron chi connectivity index (χ1n) is 12.3. The lowest BCUT2D eigenvalue weighted by molar-refractivity contribution is -0.135. The number of rotatable bonds is 11. The van der Waals surface area contributed by atoms with E-state index in [1.807, 2.05) is 68.4 Å². The maximum absolute atomic E-state index is 12.7. The second kappa shape index (κ2) is 12.3. The van der Waals surface area contributed by atoms with Gasteiger partial charge in [-0.05, 0) is 29.5 Å². The summed E-state index contributed by atoms with van der Waals surface area (Å²) in [5.41, 5.74) is 2.90. The molecule has 0 aliphatic rings. The second-order valence-electron chi connectivity index (χ2n) is 8.86. The second-order valence-corrected chi connectivity index (χ2v) is 9.72. The number of ether oxygens (including phenoxy) is 1. The molecule has 0 unspecified atom stereocenters. The van der Waals surface area contributed by atoms with Crippen molar-refractivity contribution in [2.24, 2.45) is 11.1 Å². The fraction of sp³-hybridized carbons (Fsp3) is 0.233. The number of oxime groups is 1. The molecule has 1 aromatic heterocycles. The Labute approximate surface area is 222 Å². The standard InChI is InChI=1S/C30H31N3O3S/c1-4-35-28(34)27(33-36-20-22(2)3)26-21-37-29(31-26)32-30(23-14-8-5-9-15-23,24-16-10-6-11-17-24)25-18-12-7-13-19-25/h5-19,21-22H,4,20H2,1-3H3,(H,31,32). The van der Waals surface area contributed by atoms with E-state index in [1.165, 1.54) is 11.3 Å². The van der Waals surface area contributed by atoms with Crippen molar-refractivity contribution in [1.29, 1.82) is 0 Å². The Morgan fingerprint density at radius 3 is 1.89 bits per heavy atom. The van der Waals surface area contributed by atoms with Crippen LogP contribution in [0.5, 0.6) is 0 Å². The third-order valence-electron chi connectivity index (χ3n) is 5.69. The first-order chi connectivity index (χ1) is 18.0. The number of benzene rings is 3.